The molecule has 9 heteroatoms. The monoisotopic (exact) mass is 380 g/mol. The van der Waals surface area contributed by atoms with E-state index in [1.807, 2.05) is 6.07 Å². The number of carbonyl (C=O) groups is 1. The van der Waals surface area contributed by atoms with Crippen LogP contribution in [-0.2, 0) is 6.42 Å². The van der Waals surface area contributed by atoms with E-state index in [1.165, 1.54) is 10.7 Å². The molecule has 3 aromatic rings. The van der Waals surface area contributed by atoms with Crippen LogP contribution in [0.1, 0.15) is 36.2 Å². The van der Waals surface area contributed by atoms with Gasteiger partial charge < -0.3 is 10.2 Å². The first kappa shape index (κ1) is 17.9. The third-order valence-corrected chi connectivity index (χ3v) is 5.16. The van der Waals surface area contributed by atoms with Gasteiger partial charge >= 0.3 is 5.69 Å². The maximum absolute atomic E-state index is 12.7. The molecule has 28 heavy (non-hydrogen) atoms. The van der Waals surface area contributed by atoms with Crippen molar-refractivity contribution < 1.29 is 9.72 Å². The van der Waals surface area contributed by atoms with E-state index in [2.05, 4.69) is 34.1 Å². The van der Waals surface area contributed by atoms with Gasteiger partial charge in [0.05, 0.1) is 4.92 Å². The first-order valence-corrected chi connectivity index (χ1v) is 9.19. The molecule has 0 aliphatic carbocycles. The highest BCUT2D eigenvalue weighted by molar-refractivity contribution is 6.04. The molecule has 144 valence electrons. The number of nitro groups is 1. The number of nitrogens with one attached hydrogen (secondary N) is 1. The number of amides is 1. The van der Waals surface area contributed by atoms with Crippen LogP contribution in [-0.4, -0.2) is 38.0 Å². The number of rotatable bonds is 5. The highest BCUT2D eigenvalue weighted by Crippen LogP contribution is 2.37. The fourth-order valence-corrected chi connectivity index (χ4v) is 3.51. The molecule has 1 aromatic carbocycles. The summed E-state index contributed by atoms with van der Waals surface area (Å²) in [7, 11) is 0. The molecular formula is C19H20N6O3. The van der Waals surface area contributed by atoms with Crippen LogP contribution in [0.25, 0.3) is 5.65 Å². The number of carbonyl (C=O) groups excluding carboxylic acids is 1. The lowest BCUT2D eigenvalue weighted by molar-refractivity contribution is -0.383. The summed E-state index contributed by atoms with van der Waals surface area (Å²) < 4.78 is 1.52. The molecule has 1 N–H and O–H groups in total. The van der Waals surface area contributed by atoms with Crippen LogP contribution in [0.2, 0.25) is 0 Å². The first-order valence-electron chi connectivity index (χ1n) is 9.19. The van der Waals surface area contributed by atoms with Gasteiger partial charge in [0.25, 0.3) is 5.91 Å². The summed E-state index contributed by atoms with van der Waals surface area (Å²) in [5, 5.41) is 18.5. The number of benzene rings is 1. The van der Waals surface area contributed by atoms with Crippen molar-refractivity contribution in [3.63, 3.8) is 0 Å². The predicted octanol–water partition coefficient (Wildman–Crippen LogP) is 3.05. The van der Waals surface area contributed by atoms with E-state index >= 15 is 0 Å². The summed E-state index contributed by atoms with van der Waals surface area (Å²) in [6, 6.07) is 9.04. The van der Waals surface area contributed by atoms with Crippen molar-refractivity contribution >= 4 is 28.9 Å². The molecule has 0 saturated carbocycles. The molecule has 0 spiro atoms. The smallest absolute Gasteiger partial charge is 0.333 e. The summed E-state index contributed by atoms with van der Waals surface area (Å²) in [5.41, 5.74) is 1.28. The van der Waals surface area contributed by atoms with E-state index < -0.39 is 4.92 Å². The van der Waals surface area contributed by atoms with Gasteiger partial charge in [-0.25, -0.2) is 4.98 Å². The van der Waals surface area contributed by atoms with Gasteiger partial charge in [0.15, 0.2) is 0 Å². The van der Waals surface area contributed by atoms with Gasteiger partial charge in [0, 0.05) is 23.7 Å². The highest BCUT2D eigenvalue weighted by Gasteiger charge is 2.32. The van der Waals surface area contributed by atoms with Gasteiger partial charge in [-0.3, -0.25) is 14.9 Å². The van der Waals surface area contributed by atoms with E-state index in [4.69, 9.17) is 0 Å². The number of fused-ring (bicyclic) bond motifs is 3. The van der Waals surface area contributed by atoms with Crippen LogP contribution in [0.4, 0.5) is 17.3 Å². The molecule has 1 unspecified atom stereocenters. The Morgan fingerprint density at radius 1 is 1.36 bits per heavy atom. The van der Waals surface area contributed by atoms with Crippen molar-refractivity contribution in [2.45, 2.75) is 32.7 Å². The lowest BCUT2D eigenvalue weighted by Crippen LogP contribution is -2.32. The van der Waals surface area contributed by atoms with Gasteiger partial charge in [0.1, 0.15) is 17.8 Å². The number of nitrogens with zero attached hydrogens (tertiary/aromatic N) is 5. The van der Waals surface area contributed by atoms with Crippen molar-refractivity contribution in [2.75, 3.05) is 16.8 Å². The van der Waals surface area contributed by atoms with Crippen LogP contribution >= 0.6 is 0 Å². The Kier molecular flexibility index (Phi) is 4.42. The van der Waals surface area contributed by atoms with Crippen molar-refractivity contribution in [3.8, 4) is 0 Å². The number of hydrogen-bond donors (Lipinski definition) is 1. The zero-order valence-corrected chi connectivity index (χ0v) is 15.6. The molecule has 2 aromatic heterocycles. The third-order valence-electron chi connectivity index (χ3n) is 5.16. The van der Waals surface area contributed by atoms with E-state index in [0.717, 1.165) is 24.3 Å². The molecule has 1 aliphatic heterocycles. The lowest BCUT2D eigenvalue weighted by Gasteiger charge is -2.26. The maximum atomic E-state index is 12.7. The second-order valence-electron chi connectivity index (χ2n) is 6.81. The molecule has 1 atom stereocenters. The Hall–Kier alpha value is -3.49. The van der Waals surface area contributed by atoms with Crippen LogP contribution in [0.15, 0.2) is 36.5 Å². The fraction of sp³-hybridized carbons (Fsp3) is 0.316. The van der Waals surface area contributed by atoms with E-state index in [9.17, 15) is 14.9 Å². The van der Waals surface area contributed by atoms with Crippen LogP contribution in [0, 0.1) is 10.1 Å². The van der Waals surface area contributed by atoms with Crippen molar-refractivity contribution in [1.29, 1.82) is 0 Å². The second-order valence-corrected chi connectivity index (χ2v) is 6.81. The van der Waals surface area contributed by atoms with Crippen molar-refractivity contribution in [3.05, 3.63) is 57.8 Å². The highest BCUT2D eigenvalue weighted by atomic mass is 16.6. The third kappa shape index (κ3) is 2.84. The molecule has 1 amide bonds. The zero-order valence-electron chi connectivity index (χ0n) is 15.6. The van der Waals surface area contributed by atoms with Crippen LogP contribution < -0.4 is 10.2 Å². The second kappa shape index (κ2) is 6.91. The molecule has 0 bridgehead atoms. The Bertz CT molecular complexity index is 1060. The minimum absolute atomic E-state index is 0.127. The molecule has 3 heterocycles. The number of aromatic nitrogens is 3. The zero-order chi connectivity index (χ0) is 19.8. The Morgan fingerprint density at radius 3 is 2.79 bits per heavy atom. The normalized spacial score (nSPS) is 14.1. The Labute approximate surface area is 161 Å². The first-order chi connectivity index (χ1) is 13.5. The maximum Gasteiger partial charge on any atom is 0.333 e. The molecule has 0 fully saturated rings. The molecule has 4 rings (SSSR count). The van der Waals surface area contributed by atoms with Gasteiger partial charge in [-0.1, -0.05) is 25.1 Å². The van der Waals surface area contributed by atoms with E-state index in [1.54, 1.807) is 24.3 Å². The predicted molar refractivity (Wildman–Crippen MR) is 105 cm³/mol. The van der Waals surface area contributed by atoms with Crippen molar-refractivity contribution in [2.24, 2.45) is 0 Å². The molecular weight excluding hydrogens is 360 g/mol. The molecule has 0 radical (unpaired) electrons. The average Bonchev–Trinajstić information content (AvgIpc) is 3.32. The standard InChI is InChI=1S/C19H20N6O3/c1-3-12(2)23-10-9-14-16(22-18(26)13-7-5-4-6-8-13)21-17-15(25(27)28)11-20-24(17)19(14)23/h4-8,11-12H,3,9-10H2,1-2H3,(H,21,22,26). The minimum atomic E-state index is -0.507. The summed E-state index contributed by atoms with van der Waals surface area (Å²) in [4.78, 5) is 30.1. The molecule has 0 saturated heterocycles. The van der Waals surface area contributed by atoms with Gasteiger partial charge in [-0.2, -0.15) is 9.61 Å². The van der Waals surface area contributed by atoms with Crippen LogP contribution in [0.5, 0.6) is 0 Å². The summed E-state index contributed by atoms with van der Waals surface area (Å²) in [5.74, 6) is 0.811. The van der Waals surface area contributed by atoms with Crippen molar-refractivity contribution in [1.82, 2.24) is 14.6 Å². The largest absolute Gasteiger partial charge is 0.353 e. The van der Waals surface area contributed by atoms with E-state index in [0.29, 0.717) is 17.8 Å². The van der Waals surface area contributed by atoms with Gasteiger partial charge in [0.2, 0.25) is 5.65 Å². The molecule has 1 aliphatic rings. The Morgan fingerprint density at radius 2 is 2.11 bits per heavy atom. The minimum Gasteiger partial charge on any atom is -0.353 e. The number of anilines is 2. The number of hydrogen-bond acceptors (Lipinski definition) is 6. The topological polar surface area (TPSA) is 106 Å². The van der Waals surface area contributed by atoms with Gasteiger partial charge in [-0.05, 0) is 31.9 Å². The summed E-state index contributed by atoms with van der Waals surface area (Å²) in [6.45, 7) is 4.93. The van der Waals surface area contributed by atoms with Gasteiger partial charge in [-0.15, -0.1) is 0 Å². The quantitative estimate of drug-likeness (QED) is 0.539. The summed E-state index contributed by atoms with van der Waals surface area (Å²) >= 11 is 0. The average molecular weight is 380 g/mol. The Balaban J connectivity index is 1.86. The lowest BCUT2D eigenvalue weighted by atomic mass is 10.2. The fourth-order valence-electron chi connectivity index (χ4n) is 3.51. The van der Waals surface area contributed by atoms with E-state index in [-0.39, 0.29) is 23.3 Å². The SMILES string of the molecule is CCC(C)N1CCc2c(NC(=O)c3ccccc3)nc3c([N+](=O)[O-])cnn3c21. The summed E-state index contributed by atoms with van der Waals surface area (Å²) in [6.07, 6.45) is 2.80. The molecule has 9 nitrogen and oxygen atoms in total. The van der Waals surface area contributed by atoms with Crippen LogP contribution in [0.3, 0.4) is 0 Å².